The lowest BCUT2D eigenvalue weighted by molar-refractivity contribution is 0.554. The van der Waals surface area contributed by atoms with Crippen molar-refractivity contribution >= 4 is 10.9 Å². The van der Waals surface area contributed by atoms with Gasteiger partial charge in [-0.1, -0.05) is 32.0 Å². The molecule has 0 spiro atoms. The number of nitrogens with two attached hydrogens (primary N) is 1. The second-order valence-electron chi connectivity index (χ2n) is 4.60. The van der Waals surface area contributed by atoms with E-state index in [1.807, 2.05) is 0 Å². The van der Waals surface area contributed by atoms with E-state index in [0.29, 0.717) is 5.92 Å². The largest absolute Gasteiger partial charge is 0.361 e. The van der Waals surface area contributed by atoms with E-state index >= 15 is 0 Å². The number of rotatable bonds is 3. The molecular formula is C14H20N2. The van der Waals surface area contributed by atoms with Gasteiger partial charge in [0.15, 0.2) is 0 Å². The quantitative estimate of drug-likeness (QED) is 0.812. The number of fused-ring (bicyclic) bond motifs is 1. The molecule has 1 aromatic heterocycles. The topological polar surface area (TPSA) is 41.8 Å². The molecule has 0 amide bonds. The molecule has 0 fully saturated rings. The first kappa shape index (κ1) is 11.2. The summed E-state index contributed by atoms with van der Waals surface area (Å²) < 4.78 is 0. The van der Waals surface area contributed by atoms with Gasteiger partial charge in [0.2, 0.25) is 0 Å². The summed E-state index contributed by atoms with van der Waals surface area (Å²) in [6.45, 7) is 6.48. The Hall–Kier alpha value is -1.28. The molecule has 0 unspecified atom stereocenters. The van der Waals surface area contributed by atoms with Crippen LogP contribution in [0.15, 0.2) is 24.4 Å². The van der Waals surface area contributed by atoms with Gasteiger partial charge in [-0.3, -0.25) is 0 Å². The minimum absolute atomic E-state index is 0.236. The molecule has 0 aliphatic rings. The number of aryl methyl sites for hydroxylation is 1. The monoisotopic (exact) mass is 216 g/mol. The Morgan fingerprint density at radius 1 is 1.38 bits per heavy atom. The van der Waals surface area contributed by atoms with E-state index in [1.165, 1.54) is 22.0 Å². The van der Waals surface area contributed by atoms with E-state index in [9.17, 15) is 0 Å². The molecule has 1 heterocycles. The first-order valence-corrected chi connectivity index (χ1v) is 5.97. The van der Waals surface area contributed by atoms with Crippen molar-refractivity contribution in [1.29, 1.82) is 0 Å². The predicted molar refractivity (Wildman–Crippen MR) is 69.7 cm³/mol. The average Bonchev–Trinajstić information content (AvgIpc) is 2.72. The summed E-state index contributed by atoms with van der Waals surface area (Å²) in [5.74, 6) is 0.403. The summed E-state index contributed by atoms with van der Waals surface area (Å²) in [7, 11) is 0. The van der Waals surface area contributed by atoms with E-state index in [4.69, 9.17) is 5.73 Å². The highest BCUT2D eigenvalue weighted by Gasteiger charge is 2.16. The molecule has 3 N–H and O–H groups in total. The van der Waals surface area contributed by atoms with Crippen molar-refractivity contribution in [2.45, 2.75) is 39.2 Å². The van der Waals surface area contributed by atoms with Crippen molar-refractivity contribution in [3.63, 3.8) is 0 Å². The highest BCUT2D eigenvalue weighted by atomic mass is 14.7. The van der Waals surface area contributed by atoms with Gasteiger partial charge in [0.1, 0.15) is 0 Å². The molecule has 0 radical (unpaired) electrons. The lowest BCUT2D eigenvalue weighted by atomic mass is 9.92. The molecular weight excluding hydrogens is 196 g/mol. The number of hydrogen-bond acceptors (Lipinski definition) is 1. The van der Waals surface area contributed by atoms with E-state index in [0.717, 1.165) is 6.42 Å². The normalized spacial score (nSPS) is 15.2. The van der Waals surface area contributed by atoms with Crippen LogP contribution in [0.4, 0.5) is 0 Å². The van der Waals surface area contributed by atoms with Crippen LogP contribution >= 0.6 is 0 Å². The molecule has 16 heavy (non-hydrogen) atoms. The molecule has 2 rings (SSSR count). The van der Waals surface area contributed by atoms with Crippen LogP contribution in [0.2, 0.25) is 0 Å². The zero-order chi connectivity index (χ0) is 11.7. The maximum atomic E-state index is 6.12. The van der Waals surface area contributed by atoms with E-state index in [-0.39, 0.29) is 6.04 Å². The molecule has 2 atom stereocenters. The number of aromatic nitrogens is 1. The predicted octanol–water partition coefficient (Wildman–Crippen LogP) is 3.32. The standard InChI is InChI=1S/C14H20N2/c1-4-13(15)10(3)12-8-16-14-9(2)6-5-7-11(12)14/h5-8,10,13,16H,4,15H2,1-3H3/t10-,13-/m0/s1. The zero-order valence-corrected chi connectivity index (χ0v) is 10.2. The Kier molecular flexibility index (Phi) is 3.01. The van der Waals surface area contributed by atoms with Gasteiger partial charge in [-0.15, -0.1) is 0 Å². The third-order valence-corrected chi connectivity index (χ3v) is 3.56. The molecule has 2 heteroatoms. The number of hydrogen-bond donors (Lipinski definition) is 2. The number of aromatic amines is 1. The van der Waals surface area contributed by atoms with Crippen LogP contribution in [0.1, 0.15) is 37.3 Å². The van der Waals surface area contributed by atoms with E-state index in [2.05, 4.69) is 50.2 Å². The van der Waals surface area contributed by atoms with Crippen LogP contribution in [-0.4, -0.2) is 11.0 Å². The van der Waals surface area contributed by atoms with Gasteiger partial charge < -0.3 is 10.7 Å². The summed E-state index contributed by atoms with van der Waals surface area (Å²) >= 11 is 0. The van der Waals surface area contributed by atoms with Gasteiger partial charge in [0, 0.05) is 23.1 Å². The van der Waals surface area contributed by atoms with Crippen LogP contribution in [0.25, 0.3) is 10.9 Å². The Morgan fingerprint density at radius 3 is 2.81 bits per heavy atom. The first-order chi connectivity index (χ1) is 7.65. The van der Waals surface area contributed by atoms with Gasteiger partial charge in [-0.05, 0) is 30.4 Å². The zero-order valence-electron chi connectivity index (χ0n) is 10.2. The fraction of sp³-hybridized carbons (Fsp3) is 0.429. The van der Waals surface area contributed by atoms with Crippen LogP contribution in [-0.2, 0) is 0 Å². The summed E-state index contributed by atoms with van der Waals surface area (Å²) in [5.41, 5.74) is 10.00. The van der Waals surface area contributed by atoms with Crippen molar-refractivity contribution in [2.24, 2.45) is 5.73 Å². The lowest BCUT2D eigenvalue weighted by Crippen LogP contribution is -2.25. The van der Waals surface area contributed by atoms with Crippen molar-refractivity contribution in [3.8, 4) is 0 Å². The molecule has 0 saturated carbocycles. The van der Waals surface area contributed by atoms with Crippen LogP contribution in [0.3, 0.4) is 0 Å². The molecule has 1 aromatic carbocycles. The molecule has 0 aliphatic carbocycles. The maximum Gasteiger partial charge on any atom is 0.0486 e. The van der Waals surface area contributed by atoms with Crippen LogP contribution < -0.4 is 5.73 Å². The molecule has 0 aliphatic heterocycles. The van der Waals surface area contributed by atoms with Crippen molar-refractivity contribution in [3.05, 3.63) is 35.5 Å². The highest BCUT2D eigenvalue weighted by molar-refractivity contribution is 5.86. The summed E-state index contributed by atoms with van der Waals surface area (Å²) in [6, 6.07) is 6.65. The van der Waals surface area contributed by atoms with Crippen molar-refractivity contribution in [1.82, 2.24) is 4.98 Å². The van der Waals surface area contributed by atoms with Crippen LogP contribution in [0.5, 0.6) is 0 Å². The Labute approximate surface area is 96.9 Å². The second-order valence-corrected chi connectivity index (χ2v) is 4.60. The van der Waals surface area contributed by atoms with Crippen molar-refractivity contribution in [2.75, 3.05) is 0 Å². The molecule has 2 aromatic rings. The number of benzene rings is 1. The van der Waals surface area contributed by atoms with Crippen LogP contribution in [0, 0.1) is 6.92 Å². The molecule has 0 saturated heterocycles. The highest BCUT2D eigenvalue weighted by Crippen LogP contribution is 2.29. The lowest BCUT2D eigenvalue weighted by Gasteiger charge is -2.17. The number of nitrogens with one attached hydrogen (secondary N) is 1. The molecule has 0 bridgehead atoms. The third kappa shape index (κ3) is 1.74. The Balaban J connectivity index is 2.50. The Bertz CT molecular complexity index is 484. The van der Waals surface area contributed by atoms with Gasteiger partial charge in [-0.25, -0.2) is 0 Å². The fourth-order valence-corrected chi connectivity index (χ4v) is 2.29. The molecule has 2 nitrogen and oxygen atoms in total. The average molecular weight is 216 g/mol. The van der Waals surface area contributed by atoms with E-state index < -0.39 is 0 Å². The maximum absolute atomic E-state index is 6.12. The van der Waals surface area contributed by atoms with Gasteiger partial charge in [-0.2, -0.15) is 0 Å². The molecule has 86 valence electrons. The third-order valence-electron chi connectivity index (χ3n) is 3.56. The first-order valence-electron chi connectivity index (χ1n) is 5.97. The fourth-order valence-electron chi connectivity index (χ4n) is 2.29. The Morgan fingerprint density at radius 2 is 2.12 bits per heavy atom. The van der Waals surface area contributed by atoms with Crippen molar-refractivity contribution < 1.29 is 0 Å². The summed E-state index contributed by atoms with van der Waals surface area (Å²) in [6.07, 6.45) is 3.12. The smallest absolute Gasteiger partial charge is 0.0486 e. The number of para-hydroxylation sites is 1. The summed E-state index contributed by atoms with van der Waals surface area (Å²) in [5, 5.41) is 1.32. The SMILES string of the molecule is CC[C@H](N)[C@@H](C)c1c[nH]c2c(C)cccc12. The second kappa shape index (κ2) is 4.30. The van der Waals surface area contributed by atoms with Gasteiger partial charge in [0.05, 0.1) is 0 Å². The van der Waals surface area contributed by atoms with E-state index in [1.54, 1.807) is 0 Å². The number of H-pyrrole nitrogens is 1. The van der Waals surface area contributed by atoms with Gasteiger partial charge >= 0.3 is 0 Å². The summed E-state index contributed by atoms with van der Waals surface area (Å²) in [4.78, 5) is 3.36. The minimum atomic E-state index is 0.236. The van der Waals surface area contributed by atoms with Gasteiger partial charge in [0.25, 0.3) is 0 Å². The minimum Gasteiger partial charge on any atom is -0.361 e.